The lowest BCUT2D eigenvalue weighted by atomic mass is 10.1. The molecule has 1 aromatic heterocycles. The highest BCUT2D eigenvalue weighted by atomic mass is 35.5. The molecule has 1 heterocycles. The second-order valence-electron chi connectivity index (χ2n) is 4.58. The third kappa shape index (κ3) is 2.76. The zero-order valence-corrected chi connectivity index (χ0v) is 12.1. The number of aromatic nitrogens is 1. The maximum absolute atomic E-state index is 11.6. The van der Waals surface area contributed by atoms with E-state index in [1.807, 2.05) is 24.3 Å². The average Bonchev–Trinajstić information content (AvgIpc) is 2.90. The molecule has 2 aromatic carbocycles. The van der Waals surface area contributed by atoms with Gasteiger partial charge in [0.25, 0.3) is 0 Å². The number of anilines is 1. The van der Waals surface area contributed by atoms with Crippen molar-refractivity contribution in [3.05, 3.63) is 47.5 Å². The summed E-state index contributed by atoms with van der Waals surface area (Å²) >= 11 is 5.95. The second kappa shape index (κ2) is 5.58. The number of oxazole rings is 1. The predicted octanol–water partition coefficient (Wildman–Crippen LogP) is 4.50. The van der Waals surface area contributed by atoms with Gasteiger partial charge in [0.05, 0.1) is 11.3 Å². The Labute approximate surface area is 126 Å². The Bertz CT molecular complexity index is 811. The Morgan fingerprint density at radius 3 is 2.90 bits per heavy atom. The molecule has 3 rings (SSSR count). The van der Waals surface area contributed by atoms with E-state index in [9.17, 15) is 4.79 Å². The van der Waals surface area contributed by atoms with Gasteiger partial charge in [-0.15, -0.1) is 0 Å². The van der Waals surface area contributed by atoms with Crippen LogP contribution in [0.15, 0.2) is 46.9 Å². The van der Waals surface area contributed by atoms with Crippen molar-refractivity contribution in [1.29, 1.82) is 0 Å². The second-order valence-corrected chi connectivity index (χ2v) is 5.01. The predicted molar refractivity (Wildman–Crippen MR) is 83.4 cm³/mol. The van der Waals surface area contributed by atoms with Crippen molar-refractivity contribution in [1.82, 2.24) is 4.98 Å². The quantitative estimate of drug-likeness (QED) is 0.775. The fraction of sp³-hybridized carbons (Fsp3) is 0.125. The molecule has 4 nitrogen and oxygen atoms in total. The number of hydrogen-bond acceptors (Lipinski definition) is 3. The van der Waals surface area contributed by atoms with Gasteiger partial charge in [0.1, 0.15) is 5.52 Å². The van der Waals surface area contributed by atoms with Crippen LogP contribution in [-0.2, 0) is 4.79 Å². The molecule has 106 valence electrons. The molecule has 0 atom stereocenters. The Kier molecular flexibility index (Phi) is 3.62. The summed E-state index contributed by atoms with van der Waals surface area (Å²) in [5, 5.41) is 3.46. The molecule has 3 aromatic rings. The Hall–Kier alpha value is -2.33. The fourth-order valence-corrected chi connectivity index (χ4v) is 2.20. The topological polar surface area (TPSA) is 55.1 Å². The van der Waals surface area contributed by atoms with Crippen molar-refractivity contribution in [2.24, 2.45) is 0 Å². The maximum Gasteiger partial charge on any atom is 0.229 e. The fourth-order valence-electron chi connectivity index (χ4n) is 2.03. The first kappa shape index (κ1) is 13.6. The van der Waals surface area contributed by atoms with E-state index in [-0.39, 0.29) is 5.91 Å². The molecule has 0 saturated heterocycles. The lowest BCUT2D eigenvalue weighted by Gasteiger charge is -2.07. The lowest BCUT2D eigenvalue weighted by Crippen LogP contribution is -2.10. The van der Waals surface area contributed by atoms with E-state index in [1.165, 1.54) is 0 Å². The van der Waals surface area contributed by atoms with E-state index in [0.29, 0.717) is 34.1 Å². The van der Waals surface area contributed by atoms with Crippen molar-refractivity contribution >= 4 is 34.3 Å². The molecule has 0 aliphatic rings. The van der Waals surface area contributed by atoms with Crippen LogP contribution in [0.25, 0.3) is 22.6 Å². The number of hydrogen-bond donors (Lipinski definition) is 1. The van der Waals surface area contributed by atoms with Gasteiger partial charge in [0.15, 0.2) is 5.58 Å². The normalized spacial score (nSPS) is 10.8. The van der Waals surface area contributed by atoms with Crippen LogP contribution in [0.1, 0.15) is 13.3 Å². The standard InChI is InChI=1S/C16H13ClN2O2/c1-2-15(20)18-12-6-4-3-5-11(12)16-19-13-9-10(17)7-8-14(13)21-16/h3-9H,2H2,1H3,(H,18,20). The number of benzene rings is 2. The molecule has 1 amide bonds. The third-order valence-corrected chi connectivity index (χ3v) is 3.34. The van der Waals surface area contributed by atoms with E-state index >= 15 is 0 Å². The van der Waals surface area contributed by atoms with Crippen LogP contribution in [0.5, 0.6) is 0 Å². The van der Waals surface area contributed by atoms with Crippen LogP contribution in [-0.4, -0.2) is 10.9 Å². The van der Waals surface area contributed by atoms with E-state index in [4.69, 9.17) is 16.0 Å². The first-order chi connectivity index (χ1) is 10.2. The van der Waals surface area contributed by atoms with Gasteiger partial charge in [0, 0.05) is 11.4 Å². The first-order valence-electron chi connectivity index (χ1n) is 6.62. The van der Waals surface area contributed by atoms with Gasteiger partial charge in [0.2, 0.25) is 11.8 Å². The molecule has 0 aliphatic heterocycles. The molecular formula is C16H13ClN2O2. The summed E-state index contributed by atoms with van der Waals surface area (Å²) in [5.41, 5.74) is 2.77. The molecule has 0 unspecified atom stereocenters. The van der Waals surface area contributed by atoms with E-state index < -0.39 is 0 Å². The van der Waals surface area contributed by atoms with Gasteiger partial charge < -0.3 is 9.73 Å². The average molecular weight is 301 g/mol. The van der Waals surface area contributed by atoms with E-state index in [2.05, 4.69) is 10.3 Å². The first-order valence-corrected chi connectivity index (χ1v) is 7.00. The molecule has 0 radical (unpaired) electrons. The number of amides is 1. The number of nitrogens with zero attached hydrogens (tertiary/aromatic N) is 1. The third-order valence-electron chi connectivity index (χ3n) is 3.10. The molecule has 5 heteroatoms. The van der Waals surface area contributed by atoms with Crippen molar-refractivity contribution in [2.45, 2.75) is 13.3 Å². The number of halogens is 1. The summed E-state index contributed by atoms with van der Waals surface area (Å²) in [6.45, 7) is 1.80. The van der Waals surface area contributed by atoms with Gasteiger partial charge >= 0.3 is 0 Å². The van der Waals surface area contributed by atoms with Crippen molar-refractivity contribution < 1.29 is 9.21 Å². The summed E-state index contributed by atoms with van der Waals surface area (Å²) in [7, 11) is 0. The SMILES string of the molecule is CCC(=O)Nc1ccccc1-c1nc2cc(Cl)ccc2o1. The molecule has 1 N–H and O–H groups in total. The smallest absolute Gasteiger partial charge is 0.229 e. The molecule has 0 bridgehead atoms. The van der Waals surface area contributed by atoms with Crippen LogP contribution >= 0.6 is 11.6 Å². The molecule has 0 saturated carbocycles. The number of carbonyl (C=O) groups excluding carboxylic acids is 1. The van der Waals surface area contributed by atoms with Crippen LogP contribution in [0, 0.1) is 0 Å². The highest BCUT2D eigenvalue weighted by molar-refractivity contribution is 6.31. The number of para-hydroxylation sites is 1. The highest BCUT2D eigenvalue weighted by Crippen LogP contribution is 2.31. The molecular weight excluding hydrogens is 288 g/mol. The minimum Gasteiger partial charge on any atom is -0.436 e. The monoisotopic (exact) mass is 300 g/mol. The minimum absolute atomic E-state index is 0.0541. The van der Waals surface area contributed by atoms with Gasteiger partial charge in [-0.3, -0.25) is 4.79 Å². The zero-order chi connectivity index (χ0) is 14.8. The molecule has 0 fully saturated rings. The molecule has 0 aliphatic carbocycles. The van der Waals surface area contributed by atoms with Gasteiger partial charge in [-0.1, -0.05) is 30.7 Å². The minimum atomic E-state index is -0.0541. The summed E-state index contributed by atoms with van der Waals surface area (Å²) in [6, 6.07) is 12.7. The number of carbonyl (C=O) groups is 1. The van der Waals surface area contributed by atoms with Crippen LogP contribution in [0.3, 0.4) is 0 Å². The van der Waals surface area contributed by atoms with Gasteiger partial charge in [-0.05, 0) is 30.3 Å². The van der Waals surface area contributed by atoms with Crippen molar-refractivity contribution in [3.63, 3.8) is 0 Å². The maximum atomic E-state index is 11.6. The summed E-state index contributed by atoms with van der Waals surface area (Å²) < 4.78 is 5.74. The van der Waals surface area contributed by atoms with Crippen LogP contribution < -0.4 is 5.32 Å². The van der Waals surface area contributed by atoms with Gasteiger partial charge in [-0.2, -0.15) is 0 Å². The lowest BCUT2D eigenvalue weighted by molar-refractivity contribution is -0.115. The van der Waals surface area contributed by atoms with E-state index in [1.54, 1.807) is 25.1 Å². The highest BCUT2D eigenvalue weighted by Gasteiger charge is 2.13. The summed E-state index contributed by atoms with van der Waals surface area (Å²) in [5.74, 6) is 0.404. The largest absolute Gasteiger partial charge is 0.436 e. The summed E-state index contributed by atoms with van der Waals surface area (Å²) in [4.78, 5) is 16.0. The Morgan fingerprint density at radius 2 is 2.10 bits per heavy atom. The summed E-state index contributed by atoms with van der Waals surface area (Å²) in [6.07, 6.45) is 0.414. The van der Waals surface area contributed by atoms with Crippen LogP contribution in [0.2, 0.25) is 5.02 Å². The van der Waals surface area contributed by atoms with Crippen molar-refractivity contribution in [2.75, 3.05) is 5.32 Å². The van der Waals surface area contributed by atoms with Crippen molar-refractivity contribution in [3.8, 4) is 11.5 Å². The zero-order valence-electron chi connectivity index (χ0n) is 11.4. The van der Waals surface area contributed by atoms with E-state index in [0.717, 1.165) is 5.56 Å². The number of nitrogens with one attached hydrogen (secondary N) is 1. The Balaban J connectivity index is 2.07. The Morgan fingerprint density at radius 1 is 1.29 bits per heavy atom. The molecule has 0 spiro atoms. The number of fused-ring (bicyclic) bond motifs is 1. The number of rotatable bonds is 3. The molecule has 21 heavy (non-hydrogen) atoms. The van der Waals surface area contributed by atoms with Gasteiger partial charge in [-0.25, -0.2) is 4.98 Å². The van der Waals surface area contributed by atoms with Crippen LogP contribution in [0.4, 0.5) is 5.69 Å².